The molecular formula is C13H23N5O3. The van der Waals surface area contributed by atoms with Crippen LogP contribution in [0.25, 0.3) is 0 Å². The summed E-state index contributed by atoms with van der Waals surface area (Å²) in [4.78, 5) is 37.1. The van der Waals surface area contributed by atoms with Crippen LogP contribution in [0.1, 0.15) is 27.2 Å². The van der Waals surface area contributed by atoms with Crippen molar-refractivity contribution in [2.24, 2.45) is 5.92 Å². The second-order valence-electron chi connectivity index (χ2n) is 5.15. The van der Waals surface area contributed by atoms with Gasteiger partial charge >= 0.3 is 5.69 Å². The Balaban J connectivity index is 2.89. The molecule has 0 unspecified atom stereocenters. The van der Waals surface area contributed by atoms with E-state index in [1.807, 2.05) is 20.8 Å². The summed E-state index contributed by atoms with van der Waals surface area (Å²) in [6.07, 6.45) is 0.218. The highest BCUT2D eigenvalue weighted by Gasteiger charge is 2.13. The van der Waals surface area contributed by atoms with Crippen LogP contribution in [0.4, 0.5) is 11.5 Å². The fraction of sp³-hybridized carbons (Fsp3) is 0.615. The van der Waals surface area contributed by atoms with Gasteiger partial charge in [0.25, 0.3) is 5.56 Å². The Bertz CT molecular complexity index is 603. The van der Waals surface area contributed by atoms with Crippen molar-refractivity contribution < 1.29 is 4.79 Å². The zero-order valence-corrected chi connectivity index (χ0v) is 12.7. The molecule has 0 fully saturated rings. The van der Waals surface area contributed by atoms with Crippen LogP contribution in [-0.4, -0.2) is 28.5 Å². The predicted molar refractivity (Wildman–Crippen MR) is 82.4 cm³/mol. The van der Waals surface area contributed by atoms with E-state index in [0.717, 1.165) is 0 Å². The lowest BCUT2D eigenvalue weighted by Crippen LogP contribution is -2.35. The molecule has 0 aliphatic heterocycles. The van der Waals surface area contributed by atoms with Crippen molar-refractivity contribution in [3.05, 3.63) is 20.8 Å². The maximum Gasteiger partial charge on any atom is 0.330 e. The van der Waals surface area contributed by atoms with Crippen LogP contribution in [0.5, 0.6) is 0 Å². The highest BCUT2D eigenvalue weighted by molar-refractivity contribution is 5.76. The summed E-state index contributed by atoms with van der Waals surface area (Å²) in [5.74, 6) is 0.183. The molecule has 1 aromatic heterocycles. The smallest absolute Gasteiger partial charge is 0.330 e. The van der Waals surface area contributed by atoms with Crippen LogP contribution in [-0.2, 0) is 11.3 Å². The van der Waals surface area contributed by atoms with Crippen molar-refractivity contribution in [2.45, 2.75) is 33.7 Å². The minimum absolute atomic E-state index is 0.0911. The first-order chi connectivity index (χ1) is 9.86. The van der Waals surface area contributed by atoms with Crippen LogP contribution in [0.2, 0.25) is 0 Å². The number of rotatable bonds is 7. The quantitative estimate of drug-likeness (QED) is 0.551. The van der Waals surface area contributed by atoms with E-state index in [9.17, 15) is 14.4 Å². The number of nitrogens with zero attached hydrogens (tertiary/aromatic N) is 1. The summed E-state index contributed by atoms with van der Waals surface area (Å²) in [5, 5.41) is 5.48. The normalized spacial score (nSPS) is 10.7. The van der Waals surface area contributed by atoms with Crippen molar-refractivity contribution in [2.75, 3.05) is 24.1 Å². The van der Waals surface area contributed by atoms with Crippen LogP contribution in [0.15, 0.2) is 9.59 Å². The van der Waals surface area contributed by atoms with Crippen molar-refractivity contribution >= 4 is 17.4 Å². The highest BCUT2D eigenvalue weighted by atomic mass is 16.2. The molecule has 0 aliphatic carbocycles. The van der Waals surface area contributed by atoms with Gasteiger partial charge in [0.1, 0.15) is 11.5 Å². The molecule has 5 N–H and O–H groups in total. The lowest BCUT2D eigenvalue weighted by Gasteiger charge is -2.15. The number of nitrogen functional groups attached to an aromatic ring is 1. The van der Waals surface area contributed by atoms with Gasteiger partial charge in [-0.15, -0.1) is 0 Å². The van der Waals surface area contributed by atoms with Crippen molar-refractivity contribution in [3.63, 3.8) is 0 Å². The molecule has 1 amide bonds. The zero-order valence-electron chi connectivity index (χ0n) is 12.7. The molecule has 0 spiro atoms. The SMILES string of the molecule is CCNC(=O)CCNc1c(N)n(CC(C)C)c(=O)[nH]c1=O. The Hall–Kier alpha value is -2.25. The van der Waals surface area contributed by atoms with Gasteiger partial charge < -0.3 is 16.4 Å². The number of aromatic amines is 1. The molecule has 0 saturated heterocycles. The molecular weight excluding hydrogens is 274 g/mol. The standard InChI is InChI=1S/C13H23N5O3/c1-4-15-9(19)5-6-16-10-11(14)18(7-8(2)3)13(21)17-12(10)20/h8,16H,4-7,14H2,1-3H3,(H,15,19)(H,17,20,21). The molecule has 118 valence electrons. The van der Waals surface area contributed by atoms with Gasteiger partial charge in [0.15, 0.2) is 0 Å². The average molecular weight is 297 g/mol. The van der Waals surface area contributed by atoms with Crippen molar-refractivity contribution in [3.8, 4) is 0 Å². The number of amides is 1. The van der Waals surface area contributed by atoms with Crippen molar-refractivity contribution in [1.82, 2.24) is 14.9 Å². The fourth-order valence-electron chi connectivity index (χ4n) is 1.89. The predicted octanol–water partition coefficient (Wildman–Crippen LogP) is -0.287. The number of hydrogen-bond donors (Lipinski definition) is 4. The molecule has 0 aromatic carbocycles. The Morgan fingerprint density at radius 1 is 1.38 bits per heavy atom. The van der Waals surface area contributed by atoms with Gasteiger partial charge in [-0.1, -0.05) is 13.8 Å². The third kappa shape index (κ3) is 4.66. The van der Waals surface area contributed by atoms with E-state index < -0.39 is 11.2 Å². The van der Waals surface area contributed by atoms with Crippen LogP contribution in [0, 0.1) is 5.92 Å². The van der Waals surface area contributed by atoms with E-state index in [2.05, 4.69) is 15.6 Å². The third-order valence-electron chi connectivity index (χ3n) is 2.82. The zero-order chi connectivity index (χ0) is 16.0. The van der Waals surface area contributed by atoms with Crippen molar-refractivity contribution in [1.29, 1.82) is 0 Å². The Morgan fingerprint density at radius 2 is 2.05 bits per heavy atom. The number of carbonyl (C=O) groups excluding carboxylic acids is 1. The summed E-state index contributed by atoms with van der Waals surface area (Å²) in [6, 6.07) is 0. The summed E-state index contributed by atoms with van der Waals surface area (Å²) in [6.45, 7) is 6.94. The number of hydrogen-bond acceptors (Lipinski definition) is 5. The minimum Gasteiger partial charge on any atom is -0.383 e. The lowest BCUT2D eigenvalue weighted by atomic mass is 10.2. The van der Waals surface area contributed by atoms with Gasteiger partial charge in [-0.25, -0.2) is 4.79 Å². The van der Waals surface area contributed by atoms with E-state index in [0.29, 0.717) is 13.1 Å². The van der Waals surface area contributed by atoms with Crippen LogP contribution < -0.4 is 27.6 Å². The van der Waals surface area contributed by atoms with Gasteiger partial charge in [0.2, 0.25) is 5.91 Å². The number of carbonyl (C=O) groups is 1. The van der Waals surface area contributed by atoms with Gasteiger partial charge in [-0.2, -0.15) is 0 Å². The first-order valence-electron chi connectivity index (χ1n) is 7.00. The topological polar surface area (TPSA) is 122 Å². The largest absolute Gasteiger partial charge is 0.383 e. The first kappa shape index (κ1) is 16.8. The summed E-state index contributed by atoms with van der Waals surface area (Å²) in [7, 11) is 0. The van der Waals surface area contributed by atoms with Gasteiger partial charge in [-0.05, 0) is 12.8 Å². The van der Waals surface area contributed by atoms with Crippen LogP contribution >= 0.6 is 0 Å². The molecule has 0 atom stereocenters. The van der Waals surface area contributed by atoms with Crippen LogP contribution in [0.3, 0.4) is 0 Å². The maximum atomic E-state index is 11.8. The van der Waals surface area contributed by atoms with E-state index in [4.69, 9.17) is 5.73 Å². The van der Waals surface area contributed by atoms with E-state index >= 15 is 0 Å². The van der Waals surface area contributed by atoms with Gasteiger partial charge in [-0.3, -0.25) is 19.1 Å². The second-order valence-corrected chi connectivity index (χ2v) is 5.15. The molecule has 0 radical (unpaired) electrons. The first-order valence-corrected chi connectivity index (χ1v) is 7.00. The number of anilines is 2. The monoisotopic (exact) mass is 297 g/mol. The molecule has 1 heterocycles. The Morgan fingerprint density at radius 3 is 2.62 bits per heavy atom. The number of nitrogens with two attached hydrogens (primary N) is 1. The maximum absolute atomic E-state index is 11.8. The van der Waals surface area contributed by atoms with E-state index in [1.54, 1.807) is 0 Å². The molecule has 21 heavy (non-hydrogen) atoms. The number of nitrogens with one attached hydrogen (secondary N) is 3. The molecule has 8 nitrogen and oxygen atoms in total. The summed E-state index contributed by atoms with van der Waals surface area (Å²) >= 11 is 0. The summed E-state index contributed by atoms with van der Waals surface area (Å²) < 4.78 is 1.32. The minimum atomic E-state index is -0.576. The summed E-state index contributed by atoms with van der Waals surface area (Å²) in [5.41, 5.74) is 4.91. The molecule has 0 bridgehead atoms. The van der Waals surface area contributed by atoms with E-state index in [-0.39, 0.29) is 36.3 Å². The number of aromatic nitrogens is 2. The molecule has 0 aliphatic rings. The van der Waals surface area contributed by atoms with Gasteiger partial charge in [0.05, 0.1) is 0 Å². The Labute approximate surface area is 122 Å². The molecule has 1 aromatic rings. The fourth-order valence-corrected chi connectivity index (χ4v) is 1.89. The van der Waals surface area contributed by atoms with E-state index in [1.165, 1.54) is 4.57 Å². The Kier molecular flexibility index (Phi) is 6.01. The lowest BCUT2D eigenvalue weighted by molar-refractivity contribution is -0.120. The number of H-pyrrole nitrogens is 1. The molecule has 1 rings (SSSR count). The highest BCUT2D eigenvalue weighted by Crippen LogP contribution is 2.11. The van der Waals surface area contributed by atoms with Gasteiger partial charge in [0, 0.05) is 26.1 Å². The second kappa shape index (κ2) is 7.51. The molecule has 0 saturated carbocycles. The molecule has 8 heteroatoms. The average Bonchev–Trinajstić information content (AvgIpc) is 2.38. The third-order valence-corrected chi connectivity index (χ3v) is 2.82.